The van der Waals surface area contributed by atoms with Crippen molar-refractivity contribution in [1.29, 1.82) is 0 Å². The maximum absolute atomic E-state index is 12.7. The van der Waals surface area contributed by atoms with Crippen molar-refractivity contribution in [3.05, 3.63) is 24.5 Å². The van der Waals surface area contributed by atoms with E-state index in [1.165, 1.54) is 0 Å². The summed E-state index contributed by atoms with van der Waals surface area (Å²) >= 11 is 0. The Kier molecular flexibility index (Phi) is 7.90. The highest BCUT2D eigenvalue weighted by Gasteiger charge is 2.63. The predicted molar refractivity (Wildman–Crippen MR) is 112 cm³/mol. The third kappa shape index (κ3) is 5.47. The number of hydrogen-bond donors (Lipinski definition) is 0. The van der Waals surface area contributed by atoms with Gasteiger partial charge in [0, 0.05) is 13.1 Å². The molecule has 1 aliphatic rings. The highest BCUT2D eigenvalue weighted by molar-refractivity contribution is 6.74. The second-order valence-electron chi connectivity index (χ2n) is 8.59. The van der Waals surface area contributed by atoms with E-state index in [1.54, 1.807) is 30.2 Å². The minimum absolute atomic E-state index is 0.0270. The van der Waals surface area contributed by atoms with E-state index >= 15 is 0 Å². The lowest BCUT2D eigenvalue weighted by atomic mass is 10.0. The normalized spacial score (nSPS) is 22.9. The van der Waals surface area contributed by atoms with Crippen molar-refractivity contribution in [1.82, 2.24) is 4.90 Å². The summed E-state index contributed by atoms with van der Waals surface area (Å²) in [6, 6.07) is 0. The lowest BCUT2D eigenvalue weighted by Crippen LogP contribution is -2.39. The number of carbonyl (C=O) groups is 2. The van der Waals surface area contributed by atoms with E-state index in [0.717, 1.165) is 0 Å². The van der Waals surface area contributed by atoms with E-state index in [1.807, 2.05) is 19.9 Å². The zero-order valence-corrected chi connectivity index (χ0v) is 19.3. The topological polar surface area (TPSA) is 55.8 Å². The van der Waals surface area contributed by atoms with Gasteiger partial charge in [0.2, 0.25) is 14.2 Å². The average molecular weight is 396 g/mol. The molecule has 1 aliphatic carbocycles. The van der Waals surface area contributed by atoms with Gasteiger partial charge in [-0.15, -0.1) is 0 Å². The summed E-state index contributed by atoms with van der Waals surface area (Å²) in [5.74, 6) is -0.618. The molecule has 0 aromatic heterocycles. The lowest BCUT2D eigenvalue weighted by molar-refractivity contribution is -0.150. The van der Waals surface area contributed by atoms with Crippen LogP contribution in [0.5, 0.6) is 0 Å². The first kappa shape index (κ1) is 23.5. The smallest absolute Gasteiger partial charge is 0.316 e. The van der Waals surface area contributed by atoms with Crippen LogP contribution in [0.2, 0.25) is 18.1 Å². The quantitative estimate of drug-likeness (QED) is 0.249. The van der Waals surface area contributed by atoms with Crippen LogP contribution in [-0.4, -0.2) is 44.8 Å². The molecule has 0 heterocycles. The standard InChI is InChI=1S/C21H37NO4Si/c1-9-22(10-2)18(23)17-16-21(17,19(24)25-11-3)14-12-13-15-26-27(7,8)20(4,5)6/h12-15,17H,9-11,16H2,1-8H3/b14-12+,15-13+/t17-,21-/m1/s1. The fourth-order valence-corrected chi connectivity index (χ4v) is 3.52. The molecule has 0 saturated heterocycles. The van der Waals surface area contributed by atoms with Gasteiger partial charge >= 0.3 is 5.97 Å². The molecule has 0 unspecified atom stereocenters. The largest absolute Gasteiger partial charge is 0.549 e. The van der Waals surface area contributed by atoms with Crippen LogP contribution in [0, 0.1) is 11.3 Å². The van der Waals surface area contributed by atoms with Crippen molar-refractivity contribution in [2.45, 2.75) is 66.1 Å². The second kappa shape index (κ2) is 9.09. The van der Waals surface area contributed by atoms with E-state index < -0.39 is 13.7 Å². The van der Waals surface area contributed by atoms with Crippen molar-refractivity contribution in [3.63, 3.8) is 0 Å². The van der Waals surface area contributed by atoms with Crippen molar-refractivity contribution < 1.29 is 18.8 Å². The molecule has 0 bridgehead atoms. The number of esters is 1. The fourth-order valence-electron chi connectivity index (χ4n) is 2.74. The summed E-state index contributed by atoms with van der Waals surface area (Å²) in [5.41, 5.74) is -0.836. The van der Waals surface area contributed by atoms with E-state index in [2.05, 4.69) is 33.9 Å². The summed E-state index contributed by atoms with van der Waals surface area (Å²) in [6.45, 7) is 18.2. The summed E-state index contributed by atoms with van der Waals surface area (Å²) in [4.78, 5) is 26.9. The van der Waals surface area contributed by atoms with Gasteiger partial charge in [-0.1, -0.05) is 32.9 Å². The molecule has 1 fully saturated rings. The molecular weight excluding hydrogens is 358 g/mol. The molecule has 27 heavy (non-hydrogen) atoms. The third-order valence-electron chi connectivity index (χ3n) is 5.78. The van der Waals surface area contributed by atoms with Gasteiger partial charge in [-0.05, 0) is 51.4 Å². The molecule has 2 atom stereocenters. The van der Waals surface area contributed by atoms with Crippen molar-refractivity contribution in [3.8, 4) is 0 Å². The van der Waals surface area contributed by atoms with Gasteiger partial charge in [-0.3, -0.25) is 9.59 Å². The van der Waals surface area contributed by atoms with E-state index in [-0.39, 0.29) is 22.8 Å². The molecule has 1 amide bonds. The minimum atomic E-state index is -1.85. The summed E-state index contributed by atoms with van der Waals surface area (Å²) in [7, 11) is -1.85. The Hall–Kier alpha value is -1.56. The highest BCUT2D eigenvalue weighted by atomic mass is 28.4. The predicted octanol–water partition coefficient (Wildman–Crippen LogP) is 4.52. The van der Waals surface area contributed by atoms with Crippen LogP contribution in [0.1, 0.15) is 48.0 Å². The summed E-state index contributed by atoms with van der Waals surface area (Å²) in [6.07, 6.45) is 7.63. The van der Waals surface area contributed by atoms with Crippen molar-refractivity contribution >= 4 is 20.2 Å². The molecule has 0 radical (unpaired) electrons. The molecule has 154 valence electrons. The molecule has 0 spiro atoms. The van der Waals surface area contributed by atoms with Crippen LogP contribution in [0.3, 0.4) is 0 Å². The van der Waals surface area contributed by atoms with Gasteiger partial charge in [0.15, 0.2) is 0 Å². The Morgan fingerprint density at radius 1 is 1.15 bits per heavy atom. The highest BCUT2D eigenvalue weighted by Crippen LogP contribution is 2.55. The number of nitrogens with zero attached hydrogens (tertiary/aromatic N) is 1. The van der Waals surface area contributed by atoms with Crippen LogP contribution in [-0.2, 0) is 18.8 Å². The van der Waals surface area contributed by atoms with Crippen molar-refractivity contribution in [2.75, 3.05) is 19.7 Å². The number of hydrogen-bond acceptors (Lipinski definition) is 4. The van der Waals surface area contributed by atoms with Gasteiger partial charge in [0.05, 0.1) is 24.2 Å². The Morgan fingerprint density at radius 3 is 2.22 bits per heavy atom. The van der Waals surface area contributed by atoms with Crippen LogP contribution >= 0.6 is 0 Å². The van der Waals surface area contributed by atoms with Crippen LogP contribution in [0.4, 0.5) is 0 Å². The monoisotopic (exact) mass is 395 g/mol. The molecule has 1 saturated carbocycles. The first-order valence-corrected chi connectivity index (χ1v) is 12.9. The number of rotatable bonds is 9. The Labute approximate surface area is 165 Å². The van der Waals surface area contributed by atoms with Gasteiger partial charge < -0.3 is 14.1 Å². The Bertz CT molecular complexity index is 587. The SMILES string of the molecule is CCOC(=O)[C@]1(/C=C/C=C/O[Si](C)(C)C(C)(C)C)C[C@@H]1C(=O)N(CC)CC. The maximum Gasteiger partial charge on any atom is 0.316 e. The maximum atomic E-state index is 12.7. The molecule has 0 aromatic carbocycles. The zero-order chi connectivity index (χ0) is 20.9. The molecule has 5 nitrogen and oxygen atoms in total. The minimum Gasteiger partial charge on any atom is -0.549 e. The molecule has 0 aromatic rings. The van der Waals surface area contributed by atoms with E-state index in [4.69, 9.17) is 9.16 Å². The number of allylic oxidation sites excluding steroid dienone is 2. The third-order valence-corrected chi connectivity index (χ3v) is 10.1. The summed E-state index contributed by atoms with van der Waals surface area (Å²) < 4.78 is 11.2. The van der Waals surface area contributed by atoms with Crippen LogP contribution in [0.15, 0.2) is 24.5 Å². The van der Waals surface area contributed by atoms with E-state index in [0.29, 0.717) is 26.1 Å². The molecule has 0 N–H and O–H groups in total. The first-order valence-electron chi connectivity index (χ1n) is 9.95. The molecule has 1 rings (SSSR count). The van der Waals surface area contributed by atoms with Gasteiger partial charge in [0.1, 0.15) is 0 Å². The van der Waals surface area contributed by atoms with Crippen LogP contribution in [0.25, 0.3) is 0 Å². The summed E-state index contributed by atoms with van der Waals surface area (Å²) in [5, 5.41) is 0.130. The van der Waals surface area contributed by atoms with Gasteiger partial charge in [-0.2, -0.15) is 0 Å². The Balaban J connectivity index is 2.87. The van der Waals surface area contributed by atoms with E-state index in [9.17, 15) is 9.59 Å². The van der Waals surface area contributed by atoms with Crippen molar-refractivity contribution in [2.24, 2.45) is 11.3 Å². The second-order valence-corrected chi connectivity index (χ2v) is 13.4. The van der Waals surface area contributed by atoms with Gasteiger partial charge in [0.25, 0.3) is 0 Å². The lowest BCUT2D eigenvalue weighted by Gasteiger charge is -2.34. The molecule has 0 aliphatic heterocycles. The zero-order valence-electron chi connectivity index (χ0n) is 18.3. The first-order chi connectivity index (χ1) is 12.5. The molecular formula is C21H37NO4Si. The number of carbonyl (C=O) groups excluding carboxylic acids is 2. The van der Waals surface area contributed by atoms with Gasteiger partial charge in [-0.25, -0.2) is 0 Å². The Morgan fingerprint density at radius 2 is 1.74 bits per heavy atom. The number of ether oxygens (including phenoxy) is 1. The fraction of sp³-hybridized carbons (Fsp3) is 0.714. The molecule has 6 heteroatoms. The van der Waals surface area contributed by atoms with Crippen LogP contribution < -0.4 is 0 Å². The average Bonchev–Trinajstić information content (AvgIpc) is 3.30. The number of amides is 1.